The van der Waals surface area contributed by atoms with Gasteiger partial charge in [-0.25, -0.2) is 0 Å². The molecule has 2 saturated heterocycles. The molecule has 124 valence electrons. The summed E-state index contributed by atoms with van der Waals surface area (Å²) in [6, 6.07) is 2.17. The first-order valence-electron chi connectivity index (χ1n) is 9.28. The molecule has 0 bridgehead atoms. The van der Waals surface area contributed by atoms with Crippen molar-refractivity contribution in [3.8, 4) is 0 Å². The second-order valence-electron chi connectivity index (χ2n) is 7.60. The molecule has 2 heterocycles. The van der Waals surface area contributed by atoms with Gasteiger partial charge in [0.15, 0.2) is 0 Å². The predicted octanol–water partition coefficient (Wildman–Crippen LogP) is 2.82. The van der Waals surface area contributed by atoms with Crippen LogP contribution < -0.4 is 5.32 Å². The molecule has 0 aromatic carbocycles. The lowest BCUT2D eigenvalue weighted by Crippen LogP contribution is -2.64. The lowest BCUT2D eigenvalue weighted by Gasteiger charge is -2.50. The van der Waals surface area contributed by atoms with Crippen LogP contribution in [-0.2, 0) is 0 Å². The van der Waals surface area contributed by atoms with Crippen LogP contribution in [0.1, 0.15) is 53.9 Å². The number of piperidine rings is 1. The number of rotatable bonds is 5. The van der Waals surface area contributed by atoms with E-state index in [2.05, 4.69) is 49.7 Å². The molecule has 0 saturated carbocycles. The van der Waals surface area contributed by atoms with E-state index in [1.807, 2.05) is 0 Å². The van der Waals surface area contributed by atoms with Gasteiger partial charge in [-0.05, 0) is 37.8 Å². The van der Waals surface area contributed by atoms with Gasteiger partial charge < -0.3 is 10.2 Å². The van der Waals surface area contributed by atoms with Gasteiger partial charge in [-0.1, -0.05) is 41.0 Å². The third-order valence-electron chi connectivity index (χ3n) is 5.92. The van der Waals surface area contributed by atoms with Crippen LogP contribution in [0.15, 0.2) is 0 Å². The normalized spacial score (nSPS) is 34.3. The first kappa shape index (κ1) is 17.2. The molecule has 21 heavy (non-hydrogen) atoms. The number of nitrogens with zero attached hydrogens (tertiary/aromatic N) is 2. The molecular weight excluding hydrogens is 258 g/mol. The van der Waals surface area contributed by atoms with Crippen LogP contribution in [0.5, 0.6) is 0 Å². The van der Waals surface area contributed by atoms with Crippen molar-refractivity contribution in [2.75, 3.05) is 32.7 Å². The number of hydrogen-bond acceptors (Lipinski definition) is 3. The van der Waals surface area contributed by atoms with Gasteiger partial charge in [0.05, 0.1) is 0 Å². The maximum atomic E-state index is 3.84. The Labute approximate surface area is 132 Å². The zero-order valence-corrected chi connectivity index (χ0v) is 14.9. The molecule has 0 aliphatic carbocycles. The number of nitrogens with one attached hydrogen (secondary N) is 1. The van der Waals surface area contributed by atoms with E-state index < -0.39 is 0 Å². The monoisotopic (exact) mass is 295 g/mol. The van der Waals surface area contributed by atoms with Crippen LogP contribution in [-0.4, -0.2) is 60.6 Å². The lowest BCUT2D eigenvalue weighted by atomic mass is 9.89. The Morgan fingerprint density at radius 1 is 1.14 bits per heavy atom. The number of piperazine rings is 1. The maximum Gasteiger partial charge on any atom is 0.0247 e. The van der Waals surface area contributed by atoms with Crippen molar-refractivity contribution < 1.29 is 0 Å². The van der Waals surface area contributed by atoms with E-state index in [0.717, 1.165) is 17.9 Å². The van der Waals surface area contributed by atoms with Gasteiger partial charge >= 0.3 is 0 Å². The number of hydrogen-bond donors (Lipinski definition) is 1. The summed E-state index contributed by atoms with van der Waals surface area (Å²) in [4.78, 5) is 5.52. The smallest absolute Gasteiger partial charge is 0.0247 e. The largest absolute Gasteiger partial charge is 0.311 e. The SMILES string of the molecule is CCC(C)C1CN(C2CCCN(CC)C2)C(C(C)C)CN1. The van der Waals surface area contributed by atoms with E-state index in [4.69, 9.17) is 0 Å². The summed E-state index contributed by atoms with van der Waals surface area (Å²) in [7, 11) is 0. The highest BCUT2D eigenvalue weighted by Crippen LogP contribution is 2.26. The molecule has 0 amide bonds. The van der Waals surface area contributed by atoms with Gasteiger partial charge in [0, 0.05) is 37.8 Å². The summed E-state index contributed by atoms with van der Waals surface area (Å²) in [5, 5.41) is 3.84. The van der Waals surface area contributed by atoms with E-state index in [0.29, 0.717) is 12.1 Å². The Morgan fingerprint density at radius 2 is 1.90 bits per heavy atom. The molecule has 2 aliphatic rings. The molecule has 2 aliphatic heterocycles. The Balaban J connectivity index is 2.06. The van der Waals surface area contributed by atoms with Crippen molar-refractivity contribution in [3.05, 3.63) is 0 Å². The van der Waals surface area contributed by atoms with Crippen LogP contribution in [0.2, 0.25) is 0 Å². The van der Waals surface area contributed by atoms with Crippen LogP contribution in [0.25, 0.3) is 0 Å². The van der Waals surface area contributed by atoms with Crippen LogP contribution >= 0.6 is 0 Å². The van der Waals surface area contributed by atoms with E-state index in [9.17, 15) is 0 Å². The molecule has 0 aromatic heterocycles. The Morgan fingerprint density at radius 3 is 2.52 bits per heavy atom. The molecule has 1 N–H and O–H groups in total. The fraction of sp³-hybridized carbons (Fsp3) is 1.00. The fourth-order valence-electron chi connectivity index (χ4n) is 4.11. The third-order valence-corrected chi connectivity index (χ3v) is 5.92. The molecule has 0 aromatic rings. The summed E-state index contributed by atoms with van der Waals surface area (Å²) in [5.41, 5.74) is 0. The summed E-state index contributed by atoms with van der Waals surface area (Å²) >= 11 is 0. The van der Waals surface area contributed by atoms with Gasteiger partial charge in [-0.15, -0.1) is 0 Å². The van der Waals surface area contributed by atoms with Gasteiger partial charge in [-0.3, -0.25) is 4.90 Å². The molecule has 4 atom stereocenters. The quantitative estimate of drug-likeness (QED) is 0.841. The molecule has 3 heteroatoms. The Hall–Kier alpha value is -0.120. The third kappa shape index (κ3) is 4.20. The Bertz CT molecular complexity index is 303. The summed E-state index contributed by atoms with van der Waals surface area (Å²) < 4.78 is 0. The zero-order chi connectivity index (χ0) is 15.4. The summed E-state index contributed by atoms with van der Waals surface area (Å²) in [6.07, 6.45) is 4.05. The molecule has 0 radical (unpaired) electrons. The maximum absolute atomic E-state index is 3.84. The van der Waals surface area contributed by atoms with Crippen molar-refractivity contribution in [2.24, 2.45) is 11.8 Å². The van der Waals surface area contributed by atoms with E-state index in [1.54, 1.807) is 0 Å². The first-order valence-corrected chi connectivity index (χ1v) is 9.28. The van der Waals surface area contributed by atoms with E-state index in [1.165, 1.54) is 52.0 Å². The minimum atomic E-state index is 0.682. The van der Waals surface area contributed by atoms with E-state index >= 15 is 0 Å². The second kappa shape index (κ2) is 7.94. The van der Waals surface area contributed by atoms with Crippen molar-refractivity contribution in [3.63, 3.8) is 0 Å². The van der Waals surface area contributed by atoms with Crippen LogP contribution in [0.4, 0.5) is 0 Å². The van der Waals surface area contributed by atoms with E-state index in [-0.39, 0.29) is 0 Å². The Kier molecular flexibility index (Phi) is 6.51. The lowest BCUT2D eigenvalue weighted by molar-refractivity contribution is 0.0108. The molecule has 2 fully saturated rings. The van der Waals surface area contributed by atoms with Crippen molar-refractivity contribution in [1.82, 2.24) is 15.1 Å². The highest BCUT2D eigenvalue weighted by atomic mass is 15.3. The molecule has 3 nitrogen and oxygen atoms in total. The van der Waals surface area contributed by atoms with Crippen LogP contribution in [0.3, 0.4) is 0 Å². The molecule has 2 rings (SSSR count). The number of likely N-dealkylation sites (tertiary alicyclic amines) is 1. The van der Waals surface area contributed by atoms with Crippen molar-refractivity contribution in [1.29, 1.82) is 0 Å². The highest BCUT2D eigenvalue weighted by molar-refractivity contribution is 4.94. The topological polar surface area (TPSA) is 18.5 Å². The highest BCUT2D eigenvalue weighted by Gasteiger charge is 2.36. The minimum Gasteiger partial charge on any atom is -0.311 e. The zero-order valence-electron chi connectivity index (χ0n) is 14.9. The summed E-state index contributed by atoms with van der Waals surface area (Å²) in [6.45, 7) is 18.1. The standard InChI is InChI=1S/C18H37N3/c1-6-15(5)17-13-21(18(11-19-17)14(3)4)16-9-8-10-20(7-2)12-16/h14-19H,6-13H2,1-5H3. The number of likely N-dealkylation sites (N-methyl/N-ethyl adjacent to an activating group) is 1. The second-order valence-corrected chi connectivity index (χ2v) is 7.60. The fourth-order valence-corrected chi connectivity index (χ4v) is 4.11. The average Bonchev–Trinajstić information content (AvgIpc) is 2.53. The minimum absolute atomic E-state index is 0.682. The van der Waals surface area contributed by atoms with Gasteiger partial charge in [-0.2, -0.15) is 0 Å². The van der Waals surface area contributed by atoms with Crippen molar-refractivity contribution >= 4 is 0 Å². The van der Waals surface area contributed by atoms with Crippen LogP contribution in [0, 0.1) is 11.8 Å². The molecular formula is C18H37N3. The first-order chi connectivity index (χ1) is 10.1. The predicted molar refractivity (Wildman–Crippen MR) is 91.7 cm³/mol. The average molecular weight is 296 g/mol. The van der Waals surface area contributed by atoms with Gasteiger partial charge in [0.2, 0.25) is 0 Å². The van der Waals surface area contributed by atoms with Crippen molar-refractivity contribution in [2.45, 2.75) is 72.0 Å². The molecule has 4 unspecified atom stereocenters. The van der Waals surface area contributed by atoms with Gasteiger partial charge in [0.1, 0.15) is 0 Å². The summed E-state index contributed by atoms with van der Waals surface area (Å²) in [5.74, 6) is 1.53. The molecule has 0 spiro atoms. The van der Waals surface area contributed by atoms with Gasteiger partial charge in [0.25, 0.3) is 0 Å².